The number of rotatable bonds is 5. The SMILES string of the molecule is Cn1ncc2ccc(-c3ccc(CC(C#N)NC(=O)C4C5CCC(C5)N4C(=O)OC(C)(C)C)cc3)cc21. The second-order valence-electron chi connectivity index (χ2n) is 11.2. The van der Waals surface area contributed by atoms with E-state index in [0.29, 0.717) is 6.42 Å². The number of nitrogens with zero attached hydrogens (tertiary/aromatic N) is 4. The molecule has 4 unspecified atom stereocenters. The minimum Gasteiger partial charge on any atom is -0.444 e. The van der Waals surface area contributed by atoms with Crippen LogP contribution in [0.25, 0.3) is 22.0 Å². The van der Waals surface area contributed by atoms with Gasteiger partial charge in [-0.25, -0.2) is 4.79 Å². The van der Waals surface area contributed by atoms with Crippen molar-refractivity contribution in [1.29, 1.82) is 5.26 Å². The van der Waals surface area contributed by atoms with Crippen LogP contribution < -0.4 is 5.32 Å². The van der Waals surface area contributed by atoms with Crippen molar-refractivity contribution in [2.75, 3.05) is 0 Å². The Morgan fingerprint density at radius 3 is 2.59 bits per heavy atom. The Morgan fingerprint density at radius 1 is 1.16 bits per heavy atom. The third-order valence-electron chi connectivity index (χ3n) is 7.41. The molecule has 37 heavy (non-hydrogen) atoms. The summed E-state index contributed by atoms with van der Waals surface area (Å²) in [6.45, 7) is 5.47. The minimum atomic E-state index is -0.691. The van der Waals surface area contributed by atoms with Gasteiger partial charge in [0.15, 0.2) is 0 Å². The Labute approximate surface area is 217 Å². The average Bonchev–Trinajstić information content (AvgIpc) is 3.58. The number of likely N-dealkylation sites (tertiary alicyclic amines) is 1. The first-order valence-electron chi connectivity index (χ1n) is 12.9. The smallest absolute Gasteiger partial charge is 0.411 e. The molecule has 1 aliphatic carbocycles. The summed E-state index contributed by atoms with van der Waals surface area (Å²) in [4.78, 5) is 27.8. The van der Waals surface area contributed by atoms with E-state index in [1.165, 1.54) is 0 Å². The fourth-order valence-corrected chi connectivity index (χ4v) is 5.68. The van der Waals surface area contributed by atoms with Crippen molar-refractivity contribution >= 4 is 22.9 Å². The Balaban J connectivity index is 1.26. The molecular formula is C29H33N5O3. The van der Waals surface area contributed by atoms with Crippen LogP contribution in [0.3, 0.4) is 0 Å². The summed E-state index contributed by atoms with van der Waals surface area (Å²) < 4.78 is 7.45. The van der Waals surface area contributed by atoms with Gasteiger partial charge in [0.1, 0.15) is 17.7 Å². The molecule has 1 aromatic heterocycles. The largest absolute Gasteiger partial charge is 0.444 e. The zero-order chi connectivity index (χ0) is 26.3. The number of carbonyl (C=O) groups excluding carboxylic acids is 2. The van der Waals surface area contributed by atoms with Gasteiger partial charge >= 0.3 is 6.09 Å². The van der Waals surface area contributed by atoms with Gasteiger partial charge in [0, 0.05) is 24.9 Å². The number of aromatic nitrogens is 2. The van der Waals surface area contributed by atoms with Crippen LogP contribution in [0.1, 0.15) is 45.6 Å². The molecular weight excluding hydrogens is 466 g/mol. The molecule has 2 aromatic carbocycles. The molecule has 5 rings (SSSR count). The number of hydrogen-bond acceptors (Lipinski definition) is 5. The number of nitriles is 1. The van der Waals surface area contributed by atoms with E-state index in [9.17, 15) is 14.9 Å². The van der Waals surface area contributed by atoms with Crippen LogP contribution >= 0.6 is 0 Å². The van der Waals surface area contributed by atoms with E-state index >= 15 is 0 Å². The zero-order valence-electron chi connectivity index (χ0n) is 21.8. The Bertz CT molecular complexity index is 1360. The first-order valence-corrected chi connectivity index (χ1v) is 12.9. The molecule has 1 N–H and O–H groups in total. The van der Waals surface area contributed by atoms with Gasteiger partial charge in [-0.15, -0.1) is 0 Å². The molecule has 2 bridgehead atoms. The number of piperidine rings is 1. The quantitative estimate of drug-likeness (QED) is 0.554. The number of nitrogens with one attached hydrogen (secondary N) is 1. The van der Waals surface area contributed by atoms with Crippen molar-refractivity contribution in [3.8, 4) is 17.2 Å². The lowest BCUT2D eigenvalue weighted by atomic mass is 9.97. The zero-order valence-corrected chi connectivity index (χ0v) is 21.8. The molecule has 2 amide bonds. The van der Waals surface area contributed by atoms with Crippen LogP contribution in [0, 0.1) is 17.2 Å². The Kier molecular flexibility index (Phi) is 6.40. The van der Waals surface area contributed by atoms with Crippen LogP contribution in [0.15, 0.2) is 48.7 Å². The lowest BCUT2D eigenvalue weighted by Gasteiger charge is -2.35. The number of hydrogen-bond donors (Lipinski definition) is 1. The summed E-state index contributed by atoms with van der Waals surface area (Å²) in [5, 5.41) is 18.1. The van der Waals surface area contributed by atoms with Crippen molar-refractivity contribution in [2.24, 2.45) is 13.0 Å². The summed E-state index contributed by atoms with van der Waals surface area (Å²) in [5.74, 6) is -0.168. The normalized spacial score (nSPS) is 21.6. The molecule has 2 fully saturated rings. The maximum Gasteiger partial charge on any atom is 0.411 e. The Hall–Kier alpha value is -3.86. The van der Waals surface area contributed by atoms with Crippen LogP contribution in [0.4, 0.5) is 4.79 Å². The van der Waals surface area contributed by atoms with Crippen molar-refractivity contribution in [1.82, 2.24) is 20.0 Å². The van der Waals surface area contributed by atoms with Crippen LogP contribution in [-0.2, 0) is 23.0 Å². The highest BCUT2D eigenvalue weighted by atomic mass is 16.6. The number of carbonyl (C=O) groups is 2. The van der Waals surface area contributed by atoms with Crippen molar-refractivity contribution in [3.05, 3.63) is 54.2 Å². The predicted molar refractivity (Wildman–Crippen MR) is 140 cm³/mol. The van der Waals surface area contributed by atoms with Crippen LogP contribution in [0.5, 0.6) is 0 Å². The fourth-order valence-electron chi connectivity index (χ4n) is 5.68. The molecule has 0 radical (unpaired) electrons. The average molecular weight is 500 g/mol. The summed E-state index contributed by atoms with van der Waals surface area (Å²) in [6, 6.07) is 15.3. The van der Waals surface area contributed by atoms with E-state index < -0.39 is 23.8 Å². The molecule has 4 atom stereocenters. The lowest BCUT2D eigenvalue weighted by molar-refractivity contribution is -0.128. The fraction of sp³-hybridized carbons (Fsp3) is 0.448. The predicted octanol–water partition coefficient (Wildman–Crippen LogP) is 4.58. The van der Waals surface area contributed by atoms with Gasteiger partial charge in [-0.2, -0.15) is 10.4 Å². The summed E-state index contributed by atoms with van der Waals surface area (Å²) >= 11 is 0. The highest BCUT2D eigenvalue weighted by Crippen LogP contribution is 2.43. The van der Waals surface area contributed by atoms with Crippen molar-refractivity contribution in [2.45, 2.75) is 70.2 Å². The topological polar surface area (TPSA) is 100 Å². The lowest BCUT2D eigenvalue weighted by Crippen LogP contribution is -2.55. The van der Waals surface area contributed by atoms with Gasteiger partial charge in [0.25, 0.3) is 0 Å². The molecule has 192 valence electrons. The molecule has 1 saturated heterocycles. The molecule has 3 aromatic rings. The van der Waals surface area contributed by atoms with E-state index in [4.69, 9.17) is 4.74 Å². The molecule has 8 nitrogen and oxygen atoms in total. The van der Waals surface area contributed by atoms with Gasteiger partial charge in [-0.1, -0.05) is 36.4 Å². The van der Waals surface area contributed by atoms with Crippen molar-refractivity contribution < 1.29 is 14.3 Å². The van der Waals surface area contributed by atoms with E-state index in [-0.39, 0.29) is 17.9 Å². The summed E-state index contributed by atoms with van der Waals surface area (Å²) in [5.41, 5.74) is 3.54. The first kappa shape index (κ1) is 24.8. The summed E-state index contributed by atoms with van der Waals surface area (Å²) in [7, 11) is 1.93. The first-order chi connectivity index (χ1) is 17.6. The Morgan fingerprint density at radius 2 is 1.89 bits per heavy atom. The summed E-state index contributed by atoms with van der Waals surface area (Å²) in [6.07, 6.45) is 4.38. The number of benzene rings is 2. The molecule has 8 heteroatoms. The van der Waals surface area contributed by atoms with Gasteiger partial charge in [-0.05, 0) is 68.7 Å². The monoisotopic (exact) mass is 499 g/mol. The van der Waals surface area contributed by atoms with Crippen LogP contribution in [-0.4, -0.2) is 50.4 Å². The maximum atomic E-state index is 13.3. The standard InChI is InChI=1S/C29H33N5O3/c1-29(2,3)37-28(36)34-24-12-11-21(14-24)26(34)27(35)32-23(16-30)13-18-5-7-19(8-6-18)20-9-10-22-17-31-33(4)25(22)15-20/h5-10,15,17,21,23-24,26H,11-14H2,1-4H3,(H,32,35). The third kappa shape index (κ3) is 5.04. The minimum absolute atomic E-state index is 0.0225. The van der Waals surface area contributed by atoms with Gasteiger partial charge < -0.3 is 10.1 Å². The molecule has 2 heterocycles. The van der Waals surface area contributed by atoms with E-state index in [0.717, 1.165) is 46.9 Å². The van der Waals surface area contributed by atoms with E-state index in [1.54, 1.807) is 4.90 Å². The van der Waals surface area contributed by atoms with E-state index in [1.807, 2.05) is 63.0 Å². The number of amides is 2. The number of ether oxygens (including phenoxy) is 1. The van der Waals surface area contributed by atoms with Gasteiger partial charge in [-0.3, -0.25) is 14.4 Å². The molecule has 2 aliphatic rings. The number of aryl methyl sites for hydroxylation is 1. The molecule has 0 spiro atoms. The third-order valence-corrected chi connectivity index (χ3v) is 7.41. The van der Waals surface area contributed by atoms with Crippen LogP contribution in [0.2, 0.25) is 0 Å². The second-order valence-corrected chi connectivity index (χ2v) is 11.2. The molecule has 1 aliphatic heterocycles. The maximum absolute atomic E-state index is 13.3. The van der Waals surface area contributed by atoms with Crippen molar-refractivity contribution in [3.63, 3.8) is 0 Å². The van der Waals surface area contributed by atoms with Gasteiger partial charge in [0.2, 0.25) is 5.91 Å². The van der Waals surface area contributed by atoms with E-state index in [2.05, 4.69) is 34.7 Å². The molecule has 1 saturated carbocycles. The second kappa shape index (κ2) is 9.55. The highest BCUT2D eigenvalue weighted by molar-refractivity contribution is 5.88. The van der Waals surface area contributed by atoms with Gasteiger partial charge in [0.05, 0.1) is 17.8 Å². The highest BCUT2D eigenvalue weighted by Gasteiger charge is 2.52. The number of fused-ring (bicyclic) bond motifs is 3.